The molecule has 0 saturated heterocycles. The second kappa shape index (κ2) is 4.38. The van der Waals surface area contributed by atoms with Crippen LogP contribution in [-0.4, -0.2) is 18.1 Å². The number of aryl methyl sites for hydroxylation is 1. The summed E-state index contributed by atoms with van der Waals surface area (Å²) < 4.78 is 10.3. The van der Waals surface area contributed by atoms with Crippen molar-refractivity contribution in [1.82, 2.24) is 0 Å². The minimum atomic E-state index is -0.777. The van der Waals surface area contributed by atoms with Crippen molar-refractivity contribution < 1.29 is 13.9 Å². The normalized spacial score (nSPS) is 11.2. The lowest BCUT2D eigenvalue weighted by molar-refractivity contribution is -0.147. The number of ether oxygens (including phenoxy) is 1. The standard InChI is InChI=1S/C11H17NO3/c1-5-14-10(13)11(3,4)12-9-7-6-8(2)15-9/h6-7,12H,5H2,1-4H3. The summed E-state index contributed by atoms with van der Waals surface area (Å²) in [5, 5.41) is 2.98. The molecule has 84 valence electrons. The fourth-order valence-corrected chi connectivity index (χ4v) is 1.17. The Labute approximate surface area is 89.6 Å². The molecule has 4 nitrogen and oxygen atoms in total. The van der Waals surface area contributed by atoms with Crippen LogP contribution in [0.3, 0.4) is 0 Å². The predicted octanol–water partition coefficient (Wildman–Crippen LogP) is 2.34. The fourth-order valence-electron chi connectivity index (χ4n) is 1.17. The van der Waals surface area contributed by atoms with Crippen LogP contribution in [0.2, 0.25) is 0 Å². The summed E-state index contributed by atoms with van der Waals surface area (Å²) in [7, 11) is 0. The third-order valence-corrected chi connectivity index (χ3v) is 1.96. The molecule has 0 radical (unpaired) electrons. The van der Waals surface area contributed by atoms with E-state index in [1.807, 2.05) is 13.0 Å². The molecule has 1 rings (SSSR count). The van der Waals surface area contributed by atoms with Gasteiger partial charge in [-0.1, -0.05) is 0 Å². The van der Waals surface area contributed by atoms with Gasteiger partial charge in [-0.05, 0) is 33.8 Å². The quantitative estimate of drug-likeness (QED) is 0.777. The molecule has 0 aliphatic rings. The van der Waals surface area contributed by atoms with E-state index in [0.717, 1.165) is 5.76 Å². The molecule has 1 heterocycles. The molecule has 0 fully saturated rings. The van der Waals surface area contributed by atoms with Gasteiger partial charge < -0.3 is 14.5 Å². The molecule has 0 saturated carbocycles. The van der Waals surface area contributed by atoms with Crippen molar-refractivity contribution in [3.05, 3.63) is 17.9 Å². The second-order valence-corrected chi connectivity index (χ2v) is 3.88. The van der Waals surface area contributed by atoms with Gasteiger partial charge in [0.05, 0.1) is 6.61 Å². The third-order valence-electron chi connectivity index (χ3n) is 1.96. The first-order valence-electron chi connectivity index (χ1n) is 4.97. The van der Waals surface area contributed by atoms with E-state index in [0.29, 0.717) is 12.5 Å². The van der Waals surface area contributed by atoms with Gasteiger partial charge in [-0.3, -0.25) is 0 Å². The zero-order valence-electron chi connectivity index (χ0n) is 9.59. The number of carbonyl (C=O) groups is 1. The van der Waals surface area contributed by atoms with Crippen LogP contribution in [-0.2, 0) is 9.53 Å². The largest absolute Gasteiger partial charge is 0.464 e. The summed E-state index contributed by atoms with van der Waals surface area (Å²) in [5.41, 5.74) is -0.777. The molecule has 0 spiro atoms. The van der Waals surface area contributed by atoms with Crippen LogP contribution in [0.4, 0.5) is 5.88 Å². The lowest BCUT2D eigenvalue weighted by Crippen LogP contribution is -2.41. The average molecular weight is 211 g/mol. The van der Waals surface area contributed by atoms with Gasteiger partial charge in [0.1, 0.15) is 11.3 Å². The van der Waals surface area contributed by atoms with Gasteiger partial charge in [-0.2, -0.15) is 0 Å². The van der Waals surface area contributed by atoms with Crippen LogP contribution in [0, 0.1) is 6.92 Å². The monoisotopic (exact) mass is 211 g/mol. The number of furan rings is 1. The molecule has 1 N–H and O–H groups in total. The summed E-state index contributed by atoms with van der Waals surface area (Å²) in [6.07, 6.45) is 0. The first-order chi connectivity index (χ1) is 6.95. The highest BCUT2D eigenvalue weighted by atomic mass is 16.5. The number of nitrogens with one attached hydrogen (secondary N) is 1. The topological polar surface area (TPSA) is 51.5 Å². The Morgan fingerprint density at radius 2 is 2.20 bits per heavy atom. The Balaban J connectivity index is 2.67. The van der Waals surface area contributed by atoms with E-state index in [-0.39, 0.29) is 5.97 Å². The number of hydrogen-bond donors (Lipinski definition) is 1. The Kier molecular flexibility index (Phi) is 3.39. The van der Waals surface area contributed by atoms with Gasteiger partial charge in [-0.15, -0.1) is 0 Å². The molecular weight excluding hydrogens is 194 g/mol. The number of rotatable bonds is 4. The number of anilines is 1. The highest BCUT2D eigenvalue weighted by molar-refractivity contribution is 5.83. The van der Waals surface area contributed by atoms with Crippen LogP contribution in [0.25, 0.3) is 0 Å². The molecule has 0 amide bonds. The van der Waals surface area contributed by atoms with Crippen molar-refractivity contribution in [2.75, 3.05) is 11.9 Å². The highest BCUT2D eigenvalue weighted by Gasteiger charge is 2.29. The van der Waals surface area contributed by atoms with Crippen LogP contribution >= 0.6 is 0 Å². The van der Waals surface area contributed by atoms with Gasteiger partial charge in [-0.25, -0.2) is 4.79 Å². The third kappa shape index (κ3) is 3.01. The lowest BCUT2D eigenvalue weighted by atomic mass is 10.1. The van der Waals surface area contributed by atoms with Crippen molar-refractivity contribution in [2.45, 2.75) is 33.2 Å². The second-order valence-electron chi connectivity index (χ2n) is 3.88. The maximum atomic E-state index is 11.5. The fraction of sp³-hybridized carbons (Fsp3) is 0.545. The summed E-state index contributed by atoms with van der Waals surface area (Å²) in [4.78, 5) is 11.5. The number of hydrogen-bond acceptors (Lipinski definition) is 4. The SMILES string of the molecule is CCOC(=O)C(C)(C)Nc1ccc(C)o1. The zero-order chi connectivity index (χ0) is 11.5. The smallest absolute Gasteiger partial charge is 0.331 e. The van der Waals surface area contributed by atoms with Crippen molar-refractivity contribution in [3.8, 4) is 0 Å². The van der Waals surface area contributed by atoms with E-state index in [1.165, 1.54) is 0 Å². The van der Waals surface area contributed by atoms with Crippen molar-refractivity contribution >= 4 is 11.9 Å². The summed E-state index contributed by atoms with van der Waals surface area (Å²) in [6.45, 7) is 7.51. The summed E-state index contributed by atoms with van der Waals surface area (Å²) in [6, 6.07) is 3.62. The van der Waals surface area contributed by atoms with Gasteiger partial charge >= 0.3 is 5.97 Å². The molecule has 15 heavy (non-hydrogen) atoms. The molecule has 0 unspecified atom stereocenters. The van der Waals surface area contributed by atoms with E-state index in [2.05, 4.69) is 5.32 Å². The molecule has 0 aliphatic carbocycles. The molecule has 0 atom stereocenters. The van der Waals surface area contributed by atoms with Crippen LogP contribution in [0.1, 0.15) is 26.5 Å². The molecular formula is C11H17NO3. The first kappa shape index (κ1) is 11.6. The van der Waals surface area contributed by atoms with Gasteiger partial charge in [0.15, 0.2) is 5.88 Å². The van der Waals surface area contributed by atoms with Crippen LogP contribution < -0.4 is 5.32 Å². The number of carbonyl (C=O) groups excluding carboxylic acids is 1. The van der Waals surface area contributed by atoms with Crippen LogP contribution in [0.5, 0.6) is 0 Å². The Morgan fingerprint density at radius 3 is 2.67 bits per heavy atom. The maximum absolute atomic E-state index is 11.5. The number of esters is 1. The Hall–Kier alpha value is -1.45. The molecule has 1 aromatic rings. The van der Waals surface area contributed by atoms with Gasteiger partial charge in [0, 0.05) is 6.07 Å². The minimum absolute atomic E-state index is 0.293. The first-order valence-corrected chi connectivity index (χ1v) is 4.97. The lowest BCUT2D eigenvalue weighted by Gasteiger charge is -2.23. The van der Waals surface area contributed by atoms with Crippen molar-refractivity contribution in [3.63, 3.8) is 0 Å². The summed E-state index contributed by atoms with van der Waals surface area (Å²) >= 11 is 0. The zero-order valence-corrected chi connectivity index (χ0v) is 9.59. The van der Waals surface area contributed by atoms with E-state index < -0.39 is 5.54 Å². The predicted molar refractivity (Wildman–Crippen MR) is 57.8 cm³/mol. The van der Waals surface area contributed by atoms with Crippen LogP contribution in [0.15, 0.2) is 16.5 Å². The molecule has 4 heteroatoms. The van der Waals surface area contributed by atoms with E-state index in [4.69, 9.17) is 9.15 Å². The molecule has 0 aromatic carbocycles. The molecule has 0 aliphatic heterocycles. The minimum Gasteiger partial charge on any atom is -0.464 e. The molecule has 0 bridgehead atoms. The Morgan fingerprint density at radius 1 is 1.53 bits per heavy atom. The summed E-state index contributed by atoms with van der Waals surface area (Å²) in [5.74, 6) is 1.08. The average Bonchev–Trinajstić information content (AvgIpc) is 2.50. The molecule has 1 aromatic heterocycles. The highest BCUT2D eigenvalue weighted by Crippen LogP contribution is 2.18. The maximum Gasteiger partial charge on any atom is 0.331 e. The van der Waals surface area contributed by atoms with Gasteiger partial charge in [0.25, 0.3) is 0 Å². The van der Waals surface area contributed by atoms with E-state index in [1.54, 1.807) is 26.8 Å². The van der Waals surface area contributed by atoms with Crippen molar-refractivity contribution in [2.24, 2.45) is 0 Å². The Bertz CT molecular complexity index is 341. The van der Waals surface area contributed by atoms with E-state index >= 15 is 0 Å². The van der Waals surface area contributed by atoms with Crippen molar-refractivity contribution in [1.29, 1.82) is 0 Å². The van der Waals surface area contributed by atoms with E-state index in [9.17, 15) is 4.79 Å². The van der Waals surface area contributed by atoms with Gasteiger partial charge in [0.2, 0.25) is 0 Å².